The van der Waals surface area contributed by atoms with Crippen molar-refractivity contribution in [1.82, 2.24) is 4.90 Å². The van der Waals surface area contributed by atoms with Crippen LogP contribution in [0.15, 0.2) is 52.4 Å². The first-order chi connectivity index (χ1) is 12.3. The molecule has 0 aromatic heterocycles. The van der Waals surface area contributed by atoms with Gasteiger partial charge in [-0.2, -0.15) is 0 Å². The molecular weight excluding hydrogens is 348 g/mol. The summed E-state index contributed by atoms with van der Waals surface area (Å²) in [5, 5.41) is 9.81. The summed E-state index contributed by atoms with van der Waals surface area (Å²) in [7, 11) is 0.192. The molecule has 1 N–H and O–H groups in total. The lowest BCUT2D eigenvalue weighted by Crippen LogP contribution is -2.39. The summed E-state index contributed by atoms with van der Waals surface area (Å²) in [6, 6.07) is 12.3. The van der Waals surface area contributed by atoms with Gasteiger partial charge in [0.15, 0.2) is 5.37 Å². The van der Waals surface area contributed by atoms with E-state index >= 15 is 0 Å². The van der Waals surface area contributed by atoms with Crippen LogP contribution in [0.3, 0.4) is 0 Å². The normalized spacial score (nSPS) is 24.5. The van der Waals surface area contributed by atoms with Crippen LogP contribution in [0.1, 0.15) is 40.2 Å². The topological polar surface area (TPSA) is 70.0 Å². The largest absolute Gasteiger partial charge is 0.387 e. The SMILES string of the molecule is Cc1ccc(S(=O)(=O)C2N=C3C[C@H](N(C)C)[C@@H](O)c4cccc2c43)cc1. The highest BCUT2D eigenvalue weighted by atomic mass is 32.2. The fraction of sp³-hybridized carbons (Fsp3) is 0.350. The van der Waals surface area contributed by atoms with Crippen molar-refractivity contribution in [2.45, 2.75) is 35.8 Å². The minimum absolute atomic E-state index is 0.114. The minimum Gasteiger partial charge on any atom is -0.387 e. The van der Waals surface area contributed by atoms with Crippen molar-refractivity contribution in [1.29, 1.82) is 0 Å². The summed E-state index contributed by atoms with van der Waals surface area (Å²) >= 11 is 0. The molecule has 26 heavy (non-hydrogen) atoms. The zero-order chi connectivity index (χ0) is 18.6. The second-order valence-corrected chi connectivity index (χ2v) is 9.29. The molecule has 136 valence electrons. The van der Waals surface area contributed by atoms with Crippen molar-refractivity contribution >= 4 is 15.5 Å². The monoisotopic (exact) mass is 370 g/mol. The average molecular weight is 370 g/mol. The van der Waals surface area contributed by atoms with E-state index in [9.17, 15) is 13.5 Å². The molecule has 0 bridgehead atoms. The zero-order valence-electron chi connectivity index (χ0n) is 15.0. The van der Waals surface area contributed by atoms with Gasteiger partial charge in [-0.3, -0.25) is 4.99 Å². The number of hydrogen-bond donors (Lipinski definition) is 1. The number of aliphatic hydroxyl groups is 1. The molecule has 2 aromatic carbocycles. The molecule has 1 heterocycles. The fourth-order valence-electron chi connectivity index (χ4n) is 3.88. The van der Waals surface area contributed by atoms with E-state index in [1.165, 1.54) is 0 Å². The Hall–Kier alpha value is -2.02. The minimum atomic E-state index is -3.64. The van der Waals surface area contributed by atoms with Gasteiger partial charge in [-0.15, -0.1) is 0 Å². The first-order valence-electron chi connectivity index (χ1n) is 8.65. The van der Waals surface area contributed by atoms with Gasteiger partial charge in [0.1, 0.15) is 0 Å². The second kappa shape index (κ2) is 6.01. The highest BCUT2D eigenvalue weighted by molar-refractivity contribution is 7.91. The number of rotatable bonds is 3. The molecular formula is C20H22N2O3S. The van der Waals surface area contributed by atoms with Gasteiger partial charge in [-0.05, 0) is 38.7 Å². The Bertz CT molecular complexity index is 994. The number of aryl methyl sites for hydroxylation is 1. The fourth-order valence-corrected chi connectivity index (χ4v) is 5.45. The Balaban J connectivity index is 1.85. The lowest BCUT2D eigenvalue weighted by Gasteiger charge is -2.34. The van der Waals surface area contributed by atoms with Crippen LogP contribution in [0.2, 0.25) is 0 Å². The molecule has 0 spiro atoms. The quantitative estimate of drug-likeness (QED) is 0.902. The van der Waals surface area contributed by atoms with Gasteiger partial charge in [0, 0.05) is 29.3 Å². The summed E-state index contributed by atoms with van der Waals surface area (Å²) in [6.45, 7) is 1.93. The van der Waals surface area contributed by atoms with E-state index in [1.54, 1.807) is 24.3 Å². The maximum atomic E-state index is 13.2. The standard InChI is InChI=1S/C20H22N2O3S/c1-12-7-9-13(10-8-12)26(24,25)20-15-6-4-5-14-18(15)16(21-20)11-17(19(14)23)22(2)3/h4-10,17,19-20,23H,11H2,1-3H3/t17-,19-,20?/m0/s1. The third kappa shape index (κ3) is 2.52. The molecule has 0 amide bonds. The summed E-state index contributed by atoms with van der Waals surface area (Å²) in [6.07, 6.45) is -0.113. The number of aliphatic imine (C=N–C) groups is 1. The predicted molar refractivity (Wildman–Crippen MR) is 101 cm³/mol. The zero-order valence-corrected chi connectivity index (χ0v) is 15.9. The van der Waals surface area contributed by atoms with Crippen molar-refractivity contribution in [3.63, 3.8) is 0 Å². The van der Waals surface area contributed by atoms with Crippen molar-refractivity contribution in [2.75, 3.05) is 14.1 Å². The highest BCUT2D eigenvalue weighted by Crippen LogP contribution is 2.44. The molecule has 1 unspecified atom stereocenters. The van der Waals surface area contributed by atoms with Crippen LogP contribution in [-0.4, -0.2) is 44.3 Å². The summed E-state index contributed by atoms with van der Waals surface area (Å²) in [4.78, 5) is 6.85. The molecule has 1 aliphatic carbocycles. The lowest BCUT2D eigenvalue weighted by molar-refractivity contribution is 0.0764. The predicted octanol–water partition coefficient (Wildman–Crippen LogP) is 2.64. The van der Waals surface area contributed by atoms with E-state index in [0.29, 0.717) is 12.0 Å². The molecule has 0 fully saturated rings. The number of nitrogens with zero attached hydrogens (tertiary/aromatic N) is 2. The van der Waals surface area contributed by atoms with Crippen molar-refractivity contribution < 1.29 is 13.5 Å². The maximum Gasteiger partial charge on any atom is 0.205 e. The smallest absolute Gasteiger partial charge is 0.205 e. The van der Waals surface area contributed by atoms with Crippen LogP contribution >= 0.6 is 0 Å². The van der Waals surface area contributed by atoms with E-state index in [2.05, 4.69) is 4.99 Å². The van der Waals surface area contributed by atoms with Crippen molar-refractivity contribution in [3.8, 4) is 0 Å². The molecule has 2 aliphatic rings. The summed E-state index contributed by atoms with van der Waals surface area (Å²) in [5.41, 5.74) is 4.05. The van der Waals surface area contributed by atoms with Gasteiger partial charge in [0.2, 0.25) is 9.84 Å². The Morgan fingerprint density at radius 3 is 2.38 bits per heavy atom. The van der Waals surface area contributed by atoms with Crippen LogP contribution in [-0.2, 0) is 9.84 Å². The lowest BCUT2D eigenvalue weighted by atomic mass is 9.83. The number of aliphatic hydroxyl groups excluding tert-OH is 1. The van der Waals surface area contributed by atoms with E-state index in [4.69, 9.17) is 0 Å². The number of likely N-dealkylation sites (N-methyl/N-ethyl adjacent to an activating group) is 1. The molecule has 6 heteroatoms. The molecule has 0 saturated heterocycles. The third-order valence-electron chi connectivity index (χ3n) is 5.35. The van der Waals surface area contributed by atoms with E-state index in [1.807, 2.05) is 44.1 Å². The van der Waals surface area contributed by atoms with Crippen LogP contribution in [0.5, 0.6) is 0 Å². The van der Waals surface area contributed by atoms with E-state index < -0.39 is 21.3 Å². The van der Waals surface area contributed by atoms with Gasteiger partial charge in [-0.1, -0.05) is 35.9 Å². The van der Waals surface area contributed by atoms with Gasteiger partial charge in [0.25, 0.3) is 0 Å². The van der Waals surface area contributed by atoms with E-state index in [0.717, 1.165) is 22.4 Å². The average Bonchev–Trinajstić information content (AvgIpc) is 2.99. The molecule has 0 radical (unpaired) electrons. The van der Waals surface area contributed by atoms with Gasteiger partial charge >= 0.3 is 0 Å². The van der Waals surface area contributed by atoms with Crippen molar-refractivity contribution in [2.24, 2.45) is 4.99 Å². The number of hydrogen-bond acceptors (Lipinski definition) is 5. The molecule has 5 nitrogen and oxygen atoms in total. The second-order valence-electron chi connectivity index (χ2n) is 7.28. The first kappa shape index (κ1) is 17.4. The number of benzene rings is 2. The maximum absolute atomic E-state index is 13.2. The molecule has 0 saturated carbocycles. The number of sulfone groups is 1. The third-order valence-corrected chi connectivity index (χ3v) is 7.23. The molecule has 4 rings (SSSR count). The van der Waals surface area contributed by atoms with Crippen LogP contribution in [0.25, 0.3) is 0 Å². The van der Waals surface area contributed by atoms with Crippen LogP contribution in [0.4, 0.5) is 0 Å². The van der Waals surface area contributed by atoms with Gasteiger partial charge in [0.05, 0.1) is 11.0 Å². The van der Waals surface area contributed by atoms with Crippen LogP contribution in [0, 0.1) is 6.92 Å². The summed E-state index contributed by atoms with van der Waals surface area (Å²) in [5.74, 6) is 0. The Morgan fingerprint density at radius 2 is 1.73 bits per heavy atom. The van der Waals surface area contributed by atoms with E-state index in [-0.39, 0.29) is 10.9 Å². The Morgan fingerprint density at radius 1 is 1.08 bits per heavy atom. The molecule has 3 atom stereocenters. The Labute approximate surface area is 153 Å². The highest BCUT2D eigenvalue weighted by Gasteiger charge is 2.42. The van der Waals surface area contributed by atoms with Crippen LogP contribution < -0.4 is 0 Å². The molecule has 2 aromatic rings. The van der Waals surface area contributed by atoms with Gasteiger partial charge < -0.3 is 10.0 Å². The first-order valence-corrected chi connectivity index (χ1v) is 10.2. The van der Waals surface area contributed by atoms with Crippen molar-refractivity contribution in [3.05, 3.63) is 64.7 Å². The molecule has 1 aliphatic heterocycles. The van der Waals surface area contributed by atoms with Gasteiger partial charge in [-0.25, -0.2) is 8.42 Å². The summed E-state index contributed by atoms with van der Waals surface area (Å²) < 4.78 is 26.4. The Kier molecular flexibility index (Phi) is 4.02.